The number of benzene rings is 3. The Morgan fingerprint density at radius 2 is 1.51 bits per heavy atom. The van der Waals surface area contributed by atoms with E-state index in [1.54, 1.807) is 38.3 Å². The summed E-state index contributed by atoms with van der Waals surface area (Å²) in [5.74, 6) is 2.18. The van der Waals surface area contributed by atoms with E-state index in [-0.39, 0.29) is 16.9 Å². The fourth-order valence-corrected chi connectivity index (χ4v) is 5.89. The van der Waals surface area contributed by atoms with Gasteiger partial charge in [0.15, 0.2) is 0 Å². The number of carbonyl (C=O) groups is 2. The molecule has 0 aromatic heterocycles. The largest absolute Gasteiger partial charge is 0.508 e. The topological polar surface area (TPSA) is 70.1 Å². The predicted octanol–water partition coefficient (Wildman–Crippen LogP) is 6.23. The SMILES string of the molecule is CC(=O)Cc1ccc(O)cc1.COc1ccc(CN2CCC3(CCN(CCC(C)c4ccccc4)CC3)C2=O)cc1. The third-order valence-corrected chi connectivity index (χ3v) is 8.58. The van der Waals surface area contributed by atoms with Crippen molar-refractivity contribution in [3.05, 3.63) is 95.6 Å². The van der Waals surface area contributed by atoms with Crippen LogP contribution in [0.5, 0.6) is 11.5 Å². The van der Waals surface area contributed by atoms with Crippen LogP contribution in [0.15, 0.2) is 78.9 Å². The van der Waals surface area contributed by atoms with Crippen LogP contribution in [-0.4, -0.2) is 59.9 Å². The zero-order chi connectivity index (χ0) is 29.2. The molecule has 6 nitrogen and oxygen atoms in total. The Hall–Kier alpha value is -3.64. The number of hydrogen-bond donors (Lipinski definition) is 1. The fraction of sp³-hybridized carbons (Fsp3) is 0.429. The second-order valence-corrected chi connectivity index (χ2v) is 11.6. The van der Waals surface area contributed by atoms with Gasteiger partial charge in [0.05, 0.1) is 12.5 Å². The summed E-state index contributed by atoms with van der Waals surface area (Å²) >= 11 is 0. The minimum atomic E-state index is -0.117. The van der Waals surface area contributed by atoms with E-state index < -0.39 is 0 Å². The van der Waals surface area contributed by atoms with Crippen LogP contribution in [-0.2, 0) is 22.6 Å². The summed E-state index contributed by atoms with van der Waals surface area (Å²) in [6, 6.07) is 25.5. The van der Waals surface area contributed by atoms with Crippen LogP contribution >= 0.6 is 0 Å². The Balaban J connectivity index is 0.000000296. The first-order chi connectivity index (χ1) is 19.8. The van der Waals surface area contributed by atoms with E-state index in [0.717, 1.165) is 56.8 Å². The Morgan fingerprint density at radius 1 is 0.902 bits per heavy atom. The van der Waals surface area contributed by atoms with Crippen molar-refractivity contribution >= 4 is 11.7 Å². The van der Waals surface area contributed by atoms with Crippen LogP contribution in [0.1, 0.15) is 62.1 Å². The molecule has 1 spiro atoms. The minimum Gasteiger partial charge on any atom is -0.508 e. The van der Waals surface area contributed by atoms with Gasteiger partial charge in [-0.25, -0.2) is 0 Å². The fourth-order valence-electron chi connectivity index (χ4n) is 5.89. The summed E-state index contributed by atoms with van der Waals surface area (Å²) in [5, 5.41) is 8.91. The van der Waals surface area contributed by atoms with E-state index in [4.69, 9.17) is 9.84 Å². The molecule has 0 radical (unpaired) electrons. The molecule has 2 heterocycles. The number of phenols is 1. The average molecular weight is 557 g/mol. The van der Waals surface area contributed by atoms with E-state index >= 15 is 0 Å². The van der Waals surface area contributed by atoms with E-state index in [2.05, 4.69) is 59.2 Å². The smallest absolute Gasteiger partial charge is 0.229 e. The van der Waals surface area contributed by atoms with Gasteiger partial charge in [-0.2, -0.15) is 0 Å². The first kappa shape index (κ1) is 30.3. The number of phenolic OH excluding ortho intramolecular Hbond substituents is 1. The number of ketones is 1. The van der Waals surface area contributed by atoms with Gasteiger partial charge in [-0.05, 0) is 99.1 Å². The number of amides is 1. The molecule has 2 saturated heterocycles. The molecule has 6 heteroatoms. The number of Topliss-reactive ketones (excluding diaryl/α,β-unsaturated/α-hetero) is 1. The third-order valence-electron chi connectivity index (χ3n) is 8.58. The lowest BCUT2D eigenvalue weighted by molar-refractivity contribution is -0.138. The Bertz CT molecular complexity index is 1250. The lowest BCUT2D eigenvalue weighted by Gasteiger charge is -2.38. The van der Waals surface area contributed by atoms with Gasteiger partial charge in [0.25, 0.3) is 0 Å². The lowest BCUT2D eigenvalue weighted by atomic mass is 9.77. The molecule has 2 fully saturated rings. The predicted molar refractivity (Wildman–Crippen MR) is 163 cm³/mol. The number of nitrogens with zero attached hydrogens (tertiary/aromatic N) is 2. The maximum absolute atomic E-state index is 13.3. The molecule has 0 bridgehead atoms. The molecule has 0 aliphatic carbocycles. The molecule has 1 amide bonds. The Morgan fingerprint density at radius 3 is 2.12 bits per heavy atom. The van der Waals surface area contributed by atoms with Crippen molar-refractivity contribution in [1.82, 2.24) is 9.80 Å². The van der Waals surface area contributed by atoms with Crippen molar-refractivity contribution in [2.24, 2.45) is 5.41 Å². The number of likely N-dealkylation sites (tertiary alicyclic amines) is 2. The number of rotatable bonds is 9. The zero-order valence-corrected chi connectivity index (χ0v) is 24.7. The molecule has 2 aliphatic rings. The first-order valence-corrected chi connectivity index (χ1v) is 14.7. The van der Waals surface area contributed by atoms with Crippen LogP contribution < -0.4 is 4.74 Å². The van der Waals surface area contributed by atoms with Crippen LogP contribution in [0, 0.1) is 5.41 Å². The molecule has 41 heavy (non-hydrogen) atoms. The van der Waals surface area contributed by atoms with E-state index in [0.29, 0.717) is 24.8 Å². The normalized spacial score (nSPS) is 17.1. The monoisotopic (exact) mass is 556 g/mol. The molecular formula is C35H44N2O4. The number of methoxy groups -OCH3 is 1. The summed E-state index contributed by atoms with van der Waals surface area (Å²) in [4.78, 5) is 28.5. The van der Waals surface area contributed by atoms with Crippen molar-refractivity contribution in [2.75, 3.05) is 33.3 Å². The van der Waals surface area contributed by atoms with Crippen molar-refractivity contribution in [3.63, 3.8) is 0 Å². The number of aromatic hydroxyl groups is 1. The third kappa shape index (κ3) is 8.43. The summed E-state index contributed by atoms with van der Waals surface area (Å²) in [6.07, 6.45) is 4.64. The summed E-state index contributed by atoms with van der Waals surface area (Å²) in [7, 11) is 1.68. The molecule has 218 valence electrons. The molecule has 3 aromatic rings. The Kier molecular flexibility index (Phi) is 10.6. The van der Waals surface area contributed by atoms with Crippen LogP contribution in [0.3, 0.4) is 0 Å². The van der Waals surface area contributed by atoms with Crippen molar-refractivity contribution < 1.29 is 19.4 Å². The van der Waals surface area contributed by atoms with Gasteiger partial charge in [0, 0.05) is 19.5 Å². The van der Waals surface area contributed by atoms with Crippen LogP contribution in [0.4, 0.5) is 0 Å². The summed E-state index contributed by atoms with van der Waals surface area (Å²) in [6.45, 7) is 8.67. The highest BCUT2D eigenvalue weighted by Gasteiger charge is 2.47. The summed E-state index contributed by atoms with van der Waals surface area (Å²) in [5.41, 5.74) is 3.42. The number of hydrogen-bond acceptors (Lipinski definition) is 5. The highest BCUT2D eigenvalue weighted by atomic mass is 16.5. The maximum atomic E-state index is 13.3. The van der Waals surface area contributed by atoms with E-state index in [1.807, 2.05) is 12.1 Å². The lowest BCUT2D eigenvalue weighted by Crippen LogP contribution is -2.44. The average Bonchev–Trinajstić information content (AvgIpc) is 3.28. The Labute approximate surface area is 244 Å². The van der Waals surface area contributed by atoms with Crippen LogP contribution in [0.2, 0.25) is 0 Å². The summed E-state index contributed by atoms with van der Waals surface area (Å²) < 4.78 is 5.23. The van der Waals surface area contributed by atoms with Crippen molar-refractivity contribution in [1.29, 1.82) is 0 Å². The zero-order valence-electron chi connectivity index (χ0n) is 24.7. The number of piperidine rings is 1. The molecule has 5 rings (SSSR count). The second-order valence-electron chi connectivity index (χ2n) is 11.6. The van der Waals surface area contributed by atoms with Gasteiger partial charge in [-0.1, -0.05) is 61.5 Å². The maximum Gasteiger partial charge on any atom is 0.229 e. The van der Waals surface area contributed by atoms with Crippen LogP contribution in [0.25, 0.3) is 0 Å². The molecule has 1 N–H and O–H groups in total. The number of carbonyl (C=O) groups excluding carboxylic acids is 2. The second kappa shape index (κ2) is 14.3. The van der Waals surface area contributed by atoms with E-state index in [1.165, 1.54) is 17.5 Å². The molecular weight excluding hydrogens is 512 g/mol. The van der Waals surface area contributed by atoms with Gasteiger partial charge in [0.2, 0.25) is 5.91 Å². The first-order valence-electron chi connectivity index (χ1n) is 14.7. The highest BCUT2D eigenvalue weighted by molar-refractivity contribution is 5.85. The highest BCUT2D eigenvalue weighted by Crippen LogP contribution is 2.42. The van der Waals surface area contributed by atoms with Gasteiger partial charge in [-0.3, -0.25) is 9.59 Å². The van der Waals surface area contributed by atoms with Gasteiger partial charge in [-0.15, -0.1) is 0 Å². The standard InChI is InChI=1S/C26H34N2O2.C9H10O2/c1-21(23-6-4-3-5-7-23)12-16-27-17-13-26(14-18-27)15-19-28(25(26)29)20-22-8-10-24(30-2)11-9-22;1-7(10)6-8-2-4-9(11)5-3-8/h3-11,21H,12-20H2,1-2H3;2-5,11H,6H2,1H3. The minimum absolute atomic E-state index is 0.117. The van der Waals surface area contributed by atoms with Crippen molar-refractivity contribution in [3.8, 4) is 11.5 Å². The molecule has 1 atom stereocenters. The van der Waals surface area contributed by atoms with Crippen molar-refractivity contribution in [2.45, 2.75) is 58.4 Å². The molecule has 3 aromatic carbocycles. The number of ether oxygens (including phenoxy) is 1. The van der Waals surface area contributed by atoms with Gasteiger partial charge >= 0.3 is 0 Å². The quantitative estimate of drug-likeness (QED) is 0.339. The molecule has 2 aliphatic heterocycles. The van der Waals surface area contributed by atoms with E-state index in [9.17, 15) is 9.59 Å². The van der Waals surface area contributed by atoms with Gasteiger partial charge in [0.1, 0.15) is 17.3 Å². The molecule has 1 unspecified atom stereocenters. The van der Waals surface area contributed by atoms with Gasteiger partial charge < -0.3 is 19.6 Å². The molecule has 0 saturated carbocycles.